The summed E-state index contributed by atoms with van der Waals surface area (Å²) in [5.74, 6) is 1.78. The molecule has 0 aromatic heterocycles. The van der Waals surface area contributed by atoms with Gasteiger partial charge in [-0.05, 0) is 48.6 Å². The Kier molecular flexibility index (Phi) is 3.27. The minimum atomic E-state index is 0.792. The zero-order chi connectivity index (χ0) is 10.7. The highest BCUT2D eigenvalue weighted by Crippen LogP contribution is 2.41. The minimum absolute atomic E-state index is 0.792. The van der Waals surface area contributed by atoms with Gasteiger partial charge < -0.3 is 10.1 Å². The van der Waals surface area contributed by atoms with Crippen molar-refractivity contribution in [2.75, 3.05) is 13.7 Å². The Morgan fingerprint density at radius 2 is 2.13 bits per heavy atom. The smallest absolute Gasteiger partial charge is 0.119 e. The molecule has 1 fully saturated rings. The third-order valence-electron chi connectivity index (χ3n) is 2.85. The predicted molar refractivity (Wildman–Crippen MR) is 62.3 cm³/mol. The van der Waals surface area contributed by atoms with Crippen LogP contribution in [-0.4, -0.2) is 13.7 Å². The van der Waals surface area contributed by atoms with E-state index in [9.17, 15) is 0 Å². The van der Waals surface area contributed by atoms with Crippen molar-refractivity contribution in [3.8, 4) is 5.75 Å². The summed E-state index contributed by atoms with van der Waals surface area (Å²) in [4.78, 5) is 0. The Balaban J connectivity index is 2.16. The zero-order valence-electron chi connectivity index (χ0n) is 9.55. The van der Waals surface area contributed by atoms with Crippen LogP contribution in [0.4, 0.5) is 0 Å². The van der Waals surface area contributed by atoms with Gasteiger partial charge in [-0.2, -0.15) is 0 Å². The van der Waals surface area contributed by atoms with Crippen molar-refractivity contribution in [2.24, 2.45) is 0 Å². The molecule has 0 saturated heterocycles. The average Bonchev–Trinajstić information content (AvgIpc) is 3.09. The van der Waals surface area contributed by atoms with Crippen LogP contribution in [0.1, 0.15) is 36.8 Å². The number of hydrogen-bond donors (Lipinski definition) is 1. The molecule has 15 heavy (non-hydrogen) atoms. The highest BCUT2D eigenvalue weighted by molar-refractivity contribution is 5.37. The lowest BCUT2D eigenvalue weighted by Crippen LogP contribution is -2.11. The summed E-state index contributed by atoms with van der Waals surface area (Å²) in [6, 6.07) is 6.60. The van der Waals surface area contributed by atoms with Crippen molar-refractivity contribution < 1.29 is 4.74 Å². The van der Waals surface area contributed by atoms with Crippen LogP contribution < -0.4 is 10.1 Å². The van der Waals surface area contributed by atoms with E-state index < -0.39 is 0 Å². The van der Waals surface area contributed by atoms with Crippen LogP contribution in [0.3, 0.4) is 0 Å². The first-order chi connectivity index (χ1) is 7.33. The number of benzene rings is 1. The van der Waals surface area contributed by atoms with Gasteiger partial charge in [0.2, 0.25) is 0 Å². The van der Waals surface area contributed by atoms with Gasteiger partial charge in [0.25, 0.3) is 0 Å². The Hall–Kier alpha value is -1.02. The maximum atomic E-state index is 5.33. The highest BCUT2D eigenvalue weighted by atomic mass is 16.5. The molecule has 2 rings (SSSR count). The van der Waals surface area contributed by atoms with Gasteiger partial charge in [0.05, 0.1) is 7.11 Å². The van der Waals surface area contributed by atoms with E-state index in [0.29, 0.717) is 0 Å². The Morgan fingerprint density at radius 1 is 1.33 bits per heavy atom. The second-order valence-electron chi connectivity index (χ2n) is 4.17. The second-order valence-corrected chi connectivity index (χ2v) is 4.17. The van der Waals surface area contributed by atoms with E-state index in [1.807, 2.05) is 0 Å². The van der Waals surface area contributed by atoms with Gasteiger partial charge >= 0.3 is 0 Å². The number of rotatable bonds is 5. The summed E-state index contributed by atoms with van der Waals surface area (Å²) in [5.41, 5.74) is 2.78. The molecule has 2 heteroatoms. The van der Waals surface area contributed by atoms with E-state index in [1.54, 1.807) is 7.11 Å². The number of nitrogens with one attached hydrogen (secondary N) is 1. The van der Waals surface area contributed by atoms with E-state index in [2.05, 4.69) is 30.4 Å². The summed E-state index contributed by atoms with van der Waals surface area (Å²) >= 11 is 0. The topological polar surface area (TPSA) is 21.3 Å². The normalized spacial score (nSPS) is 15.3. The van der Waals surface area contributed by atoms with Gasteiger partial charge in [-0.25, -0.2) is 0 Å². The number of ether oxygens (including phenoxy) is 1. The molecule has 2 nitrogen and oxygen atoms in total. The third-order valence-corrected chi connectivity index (χ3v) is 2.85. The van der Waals surface area contributed by atoms with Crippen molar-refractivity contribution in [2.45, 2.75) is 32.2 Å². The van der Waals surface area contributed by atoms with Crippen LogP contribution in [0.25, 0.3) is 0 Å². The number of methoxy groups -OCH3 is 1. The maximum Gasteiger partial charge on any atom is 0.119 e. The highest BCUT2D eigenvalue weighted by Gasteiger charge is 2.24. The number of hydrogen-bond acceptors (Lipinski definition) is 2. The fraction of sp³-hybridized carbons (Fsp3) is 0.538. The second kappa shape index (κ2) is 4.67. The van der Waals surface area contributed by atoms with Gasteiger partial charge in [-0.3, -0.25) is 0 Å². The van der Waals surface area contributed by atoms with Gasteiger partial charge in [0.15, 0.2) is 0 Å². The Labute approximate surface area is 91.6 Å². The lowest BCUT2D eigenvalue weighted by molar-refractivity contribution is 0.413. The van der Waals surface area contributed by atoms with Crippen LogP contribution in [-0.2, 0) is 6.54 Å². The molecule has 0 radical (unpaired) electrons. The van der Waals surface area contributed by atoms with Crippen molar-refractivity contribution in [3.05, 3.63) is 29.3 Å². The first-order valence-electron chi connectivity index (χ1n) is 5.72. The average molecular weight is 205 g/mol. The lowest BCUT2D eigenvalue weighted by Gasteiger charge is -2.08. The van der Waals surface area contributed by atoms with Crippen LogP contribution in [0.15, 0.2) is 18.2 Å². The zero-order valence-corrected chi connectivity index (χ0v) is 9.55. The largest absolute Gasteiger partial charge is 0.497 e. The van der Waals surface area contributed by atoms with Crippen molar-refractivity contribution in [3.63, 3.8) is 0 Å². The Morgan fingerprint density at radius 3 is 2.73 bits per heavy atom. The third kappa shape index (κ3) is 2.72. The fourth-order valence-corrected chi connectivity index (χ4v) is 1.83. The summed E-state index contributed by atoms with van der Waals surface area (Å²) in [6.45, 7) is 4.07. The molecule has 82 valence electrons. The molecule has 0 spiro atoms. The molecule has 1 saturated carbocycles. The summed E-state index contributed by atoms with van der Waals surface area (Å²) < 4.78 is 5.33. The first-order valence-corrected chi connectivity index (χ1v) is 5.72. The van der Waals surface area contributed by atoms with Gasteiger partial charge in [-0.15, -0.1) is 0 Å². The van der Waals surface area contributed by atoms with Crippen molar-refractivity contribution >= 4 is 0 Å². The standard InChI is InChI=1S/C13H19NO/c1-3-14-9-10-6-12(11-4-5-11)8-13(7-10)15-2/h6-8,11,14H,3-5,9H2,1-2H3. The molecule has 0 atom stereocenters. The summed E-state index contributed by atoms with van der Waals surface area (Å²) in [5, 5.41) is 3.35. The van der Waals surface area contributed by atoms with Gasteiger partial charge in [-0.1, -0.05) is 13.0 Å². The van der Waals surface area contributed by atoms with Gasteiger partial charge in [0, 0.05) is 6.54 Å². The van der Waals surface area contributed by atoms with Crippen LogP contribution in [0.5, 0.6) is 5.75 Å². The molecule has 0 amide bonds. The van der Waals surface area contributed by atoms with E-state index in [1.165, 1.54) is 24.0 Å². The molecule has 0 heterocycles. The SMILES string of the molecule is CCNCc1cc(OC)cc(C2CC2)c1. The molecule has 1 aliphatic rings. The first kappa shape index (κ1) is 10.5. The summed E-state index contributed by atoms with van der Waals surface area (Å²) in [7, 11) is 1.74. The van der Waals surface area contributed by atoms with Gasteiger partial charge in [0.1, 0.15) is 5.75 Å². The lowest BCUT2D eigenvalue weighted by atomic mass is 10.1. The molecule has 1 aromatic rings. The predicted octanol–water partition coefficient (Wildman–Crippen LogP) is 2.68. The molecule has 1 aromatic carbocycles. The molecular formula is C13H19NO. The van der Waals surface area contributed by atoms with Crippen molar-refractivity contribution in [1.29, 1.82) is 0 Å². The van der Waals surface area contributed by atoms with Crippen LogP contribution >= 0.6 is 0 Å². The molecule has 0 bridgehead atoms. The summed E-state index contributed by atoms with van der Waals surface area (Å²) in [6.07, 6.45) is 2.68. The molecule has 0 aliphatic heterocycles. The molecular weight excluding hydrogens is 186 g/mol. The van der Waals surface area contributed by atoms with E-state index >= 15 is 0 Å². The van der Waals surface area contributed by atoms with Crippen LogP contribution in [0, 0.1) is 0 Å². The molecule has 1 aliphatic carbocycles. The molecule has 1 N–H and O–H groups in total. The van der Waals surface area contributed by atoms with E-state index in [4.69, 9.17) is 4.74 Å². The van der Waals surface area contributed by atoms with Crippen LogP contribution in [0.2, 0.25) is 0 Å². The van der Waals surface area contributed by atoms with E-state index in [0.717, 1.165) is 24.8 Å². The maximum absolute atomic E-state index is 5.33. The monoisotopic (exact) mass is 205 g/mol. The van der Waals surface area contributed by atoms with E-state index in [-0.39, 0.29) is 0 Å². The fourth-order valence-electron chi connectivity index (χ4n) is 1.83. The molecule has 0 unspecified atom stereocenters. The van der Waals surface area contributed by atoms with Crippen molar-refractivity contribution in [1.82, 2.24) is 5.32 Å². The minimum Gasteiger partial charge on any atom is -0.497 e. The quantitative estimate of drug-likeness (QED) is 0.798. The Bertz CT molecular complexity index is 331.